The van der Waals surface area contributed by atoms with E-state index in [-0.39, 0.29) is 11.8 Å². The molecule has 0 fully saturated rings. The summed E-state index contributed by atoms with van der Waals surface area (Å²) in [6, 6.07) is 8.19. The maximum absolute atomic E-state index is 14.2. The first-order chi connectivity index (χ1) is 21.7. The molecule has 0 saturated heterocycles. The summed E-state index contributed by atoms with van der Waals surface area (Å²) >= 11 is 3.26. The summed E-state index contributed by atoms with van der Waals surface area (Å²) in [6.07, 6.45) is 25.3. The molecule has 0 bridgehead atoms. The van der Waals surface area contributed by atoms with Gasteiger partial charge in [-0.05, 0) is 35.7 Å². The molecule has 2 aliphatic heterocycles. The molecule has 0 radical (unpaired) electrons. The second-order valence-corrected chi connectivity index (χ2v) is 14.6. The van der Waals surface area contributed by atoms with E-state index in [1.807, 2.05) is 21.9 Å². The lowest BCUT2D eigenvalue weighted by atomic mass is 10.1. The molecule has 2 aromatic heterocycles. The van der Waals surface area contributed by atoms with Gasteiger partial charge in [-0.25, -0.2) is 0 Å². The van der Waals surface area contributed by atoms with Crippen LogP contribution in [0.3, 0.4) is 0 Å². The van der Waals surface area contributed by atoms with Crippen molar-refractivity contribution < 1.29 is 9.59 Å². The second-order valence-electron chi connectivity index (χ2n) is 12.7. The van der Waals surface area contributed by atoms with Crippen molar-refractivity contribution in [1.29, 1.82) is 0 Å². The van der Waals surface area contributed by atoms with Crippen molar-refractivity contribution >= 4 is 45.9 Å². The summed E-state index contributed by atoms with van der Waals surface area (Å²) in [4.78, 5) is 34.3. The average Bonchev–Trinajstić information content (AvgIpc) is 3.83. The van der Waals surface area contributed by atoms with Gasteiger partial charge in [-0.15, -0.1) is 22.7 Å². The number of carbonyl (C=O) groups is 2. The second kappa shape index (κ2) is 19.4. The van der Waals surface area contributed by atoms with E-state index in [1.165, 1.54) is 103 Å². The Hall–Kier alpha value is -2.18. The Balaban J connectivity index is 1.38. The van der Waals surface area contributed by atoms with E-state index in [1.54, 1.807) is 22.7 Å². The highest BCUT2D eigenvalue weighted by molar-refractivity contribution is 7.11. The molecule has 242 valence electrons. The summed E-state index contributed by atoms with van der Waals surface area (Å²) in [5.41, 5.74) is 2.97. The maximum atomic E-state index is 14.2. The zero-order valence-electron chi connectivity index (χ0n) is 27.5. The number of rotatable bonds is 24. The summed E-state index contributed by atoms with van der Waals surface area (Å²) in [6.45, 7) is 5.89. The molecule has 44 heavy (non-hydrogen) atoms. The molecule has 0 N–H and O–H groups in total. The Morgan fingerprint density at radius 2 is 0.795 bits per heavy atom. The first kappa shape index (κ1) is 34.7. The number of hydrogen-bond acceptors (Lipinski definition) is 4. The van der Waals surface area contributed by atoms with Gasteiger partial charge in [0.15, 0.2) is 0 Å². The van der Waals surface area contributed by atoms with E-state index in [2.05, 4.69) is 36.7 Å². The Kier molecular flexibility index (Phi) is 15.3. The van der Waals surface area contributed by atoms with Crippen LogP contribution in [0.1, 0.15) is 152 Å². The van der Waals surface area contributed by atoms with Crippen LogP contribution >= 0.6 is 22.7 Å². The minimum Gasteiger partial charge on any atom is -0.306 e. The molecule has 2 aromatic rings. The van der Waals surface area contributed by atoms with Gasteiger partial charge in [0.1, 0.15) is 0 Å². The standard InChI is InChI=1S/C38H56N2O2S2/c1-3-5-7-9-11-13-15-17-19-21-27-39-35(31-25-23-29-43-31)33-34(37(39)41)36(32-26-24-30-44-32)40(38(33)42)28-22-20-18-16-14-12-10-8-6-4-2/h23-26,29-30H,3-22,27-28H2,1-2H3. The Bertz CT molecular complexity index is 1100. The predicted octanol–water partition coefficient (Wildman–Crippen LogP) is 11.5. The zero-order chi connectivity index (χ0) is 31.0. The summed E-state index contributed by atoms with van der Waals surface area (Å²) in [5.74, 6) is 0.0308. The van der Waals surface area contributed by atoms with Crippen molar-refractivity contribution in [3.05, 3.63) is 55.9 Å². The maximum Gasteiger partial charge on any atom is 0.261 e. The summed E-state index contributed by atoms with van der Waals surface area (Å²) in [5, 5.41) is 4.10. The molecule has 0 aromatic carbocycles. The number of nitrogens with zero attached hydrogens (tertiary/aromatic N) is 2. The Morgan fingerprint density at radius 1 is 0.477 bits per heavy atom. The van der Waals surface area contributed by atoms with Crippen LogP contribution in [0.15, 0.2) is 46.2 Å². The molecule has 0 unspecified atom stereocenters. The summed E-state index contributed by atoms with van der Waals surface area (Å²) in [7, 11) is 0. The topological polar surface area (TPSA) is 40.6 Å². The van der Waals surface area contributed by atoms with E-state index in [4.69, 9.17) is 0 Å². The van der Waals surface area contributed by atoms with Gasteiger partial charge in [0.25, 0.3) is 11.8 Å². The minimum absolute atomic E-state index is 0.0154. The lowest BCUT2D eigenvalue weighted by Gasteiger charge is -2.24. The molecule has 0 saturated carbocycles. The Labute approximate surface area is 275 Å². The molecule has 4 rings (SSSR count). The van der Waals surface area contributed by atoms with Gasteiger partial charge in [-0.1, -0.05) is 142 Å². The highest BCUT2D eigenvalue weighted by Gasteiger charge is 2.48. The van der Waals surface area contributed by atoms with Gasteiger partial charge in [0, 0.05) is 13.1 Å². The molecular formula is C38H56N2O2S2. The average molecular weight is 637 g/mol. The monoisotopic (exact) mass is 636 g/mol. The van der Waals surface area contributed by atoms with Crippen molar-refractivity contribution in [3.63, 3.8) is 0 Å². The van der Waals surface area contributed by atoms with Gasteiger partial charge < -0.3 is 9.80 Å². The van der Waals surface area contributed by atoms with Crippen molar-refractivity contribution in [2.75, 3.05) is 13.1 Å². The number of thiophene rings is 2. The number of amides is 2. The predicted molar refractivity (Wildman–Crippen MR) is 190 cm³/mol. The first-order valence-electron chi connectivity index (χ1n) is 17.9. The van der Waals surface area contributed by atoms with Crippen LogP contribution in [0, 0.1) is 0 Å². The SMILES string of the molecule is CCCCCCCCCCCCN1C(=O)C2=C(c3cccs3)N(CCCCCCCCCCCC)C(=O)C2=C1c1cccs1. The molecule has 0 aliphatic carbocycles. The number of hydrogen-bond donors (Lipinski definition) is 0. The van der Waals surface area contributed by atoms with Crippen LogP contribution in [0.4, 0.5) is 0 Å². The zero-order valence-corrected chi connectivity index (χ0v) is 29.2. The fourth-order valence-corrected chi connectivity index (χ4v) is 8.25. The van der Waals surface area contributed by atoms with Crippen molar-refractivity contribution in [1.82, 2.24) is 9.80 Å². The highest BCUT2D eigenvalue weighted by Crippen LogP contribution is 2.48. The molecule has 2 aliphatic rings. The van der Waals surface area contributed by atoms with Crippen LogP contribution in [-0.4, -0.2) is 34.7 Å². The van der Waals surface area contributed by atoms with Crippen LogP contribution in [0.5, 0.6) is 0 Å². The largest absolute Gasteiger partial charge is 0.306 e. The fraction of sp³-hybridized carbons (Fsp3) is 0.632. The van der Waals surface area contributed by atoms with Gasteiger partial charge >= 0.3 is 0 Å². The van der Waals surface area contributed by atoms with Gasteiger partial charge in [0.05, 0.1) is 32.3 Å². The van der Waals surface area contributed by atoms with E-state index >= 15 is 0 Å². The van der Waals surface area contributed by atoms with Crippen LogP contribution in [-0.2, 0) is 9.59 Å². The van der Waals surface area contributed by atoms with E-state index in [9.17, 15) is 9.59 Å². The third-order valence-electron chi connectivity index (χ3n) is 9.16. The molecule has 6 heteroatoms. The Morgan fingerprint density at radius 3 is 1.09 bits per heavy atom. The normalized spacial score (nSPS) is 15.0. The van der Waals surface area contributed by atoms with Gasteiger partial charge in [-0.3, -0.25) is 9.59 Å². The number of fused-ring (bicyclic) bond motifs is 1. The number of unbranched alkanes of at least 4 members (excludes halogenated alkanes) is 18. The minimum atomic E-state index is 0.0154. The highest BCUT2D eigenvalue weighted by atomic mass is 32.1. The molecule has 0 atom stereocenters. The fourth-order valence-electron chi connectivity index (χ4n) is 6.68. The number of carbonyl (C=O) groups excluding carboxylic acids is 2. The third-order valence-corrected chi connectivity index (χ3v) is 10.9. The molecule has 2 amide bonds. The van der Waals surface area contributed by atoms with E-state index in [0.29, 0.717) is 24.2 Å². The van der Waals surface area contributed by atoms with Gasteiger partial charge in [0.2, 0.25) is 0 Å². The lowest BCUT2D eigenvalue weighted by molar-refractivity contribution is -0.124. The van der Waals surface area contributed by atoms with Crippen molar-refractivity contribution in [2.45, 2.75) is 142 Å². The van der Waals surface area contributed by atoms with Crippen LogP contribution in [0.25, 0.3) is 11.4 Å². The third kappa shape index (κ3) is 9.42. The van der Waals surface area contributed by atoms with Crippen molar-refractivity contribution in [2.24, 2.45) is 0 Å². The molecule has 0 spiro atoms. The van der Waals surface area contributed by atoms with Crippen LogP contribution < -0.4 is 0 Å². The quantitative estimate of drug-likeness (QED) is 0.108. The molecule has 4 nitrogen and oxygen atoms in total. The van der Waals surface area contributed by atoms with Gasteiger partial charge in [-0.2, -0.15) is 0 Å². The van der Waals surface area contributed by atoms with Crippen molar-refractivity contribution in [3.8, 4) is 0 Å². The van der Waals surface area contributed by atoms with Crippen LogP contribution in [0.2, 0.25) is 0 Å². The molecular weight excluding hydrogens is 581 g/mol. The summed E-state index contributed by atoms with van der Waals surface area (Å²) < 4.78 is 0. The van der Waals surface area contributed by atoms with E-state index < -0.39 is 0 Å². The van der Waals surface area contributed by atoms with E-state index in [0.717, 1.165) is 46.8 Å². The first-order valence-corrected chi connectivity index (χ1v) is 19.6. The smallest absolute Gasteiger partial charge is 0.261 e. The molecule has 4 heterocycles. The lowest BCUT2D eigenvalue weighted by Crippen LogP contribution is -2.30.